The first-order valence-electron chi connectivity index (χ1n) is 7.22. The van der Waals surface area contributed by atoms with Gasteiger partial charge in [-0.2, -0.15) is 13.2 Å². The van der Waals surface area contributed by atoms with Crippen molar-refractivity contribution in [1.82, 2.24) is 14.9 Å². The smallest absolute Gasteiger partial charge is 0.325 e. The molecule has 0 fully saturated rings. The fourth-order valence-corrected chi connectivity index (χ4v) is 2.44. The molecule has 0 aliphatic heterocycles. The second kappa shape index (κ2) is 6.96. The molecule has 0 bridgehead atoms. The summed E-state index contributed by atoms with van der Waals surface area (Å²) in [5.74, 6) is 0.701. The highest BCUT2D eigenvalue weighted by atomic mass is 19.4. The normalized spacial score (nSPS) is 13.5. The first kappa shape index (κ1) is 16.5. The van der Waals surface area contributed by atoms with Crippen LogP contribution in [0.4, 0.5) is 13.2 Å². The quantitative estimate of drug-likeness (QED) is 0.876. The van der Waals surface area contributed by atoms with Crippen LogP contribution >= 0.6 is 0 Å². The number of alkyl halides is 3. The van der Waals surface area contributed by atoms with E-state index in [0.29, 0.717) is 18.3 Å². The summed E-state index contributed by atoms with van der Waals surface area (Å²) in [7, 11) is 0. The molecule has 120 valence electrons. The highest BCUT2D eigenvalue weighted by molar-refractivity contribution is 5.19. The molecule has 3 nitrogen and oxygen atoms in total. The molecule has 1 aromatic heterocycles. The Morgan fingerprint density at radius 3 is 2.45 bits per heavy atom. The van der Waals surface area contributed by atoms with Gasteiger partial charge in [0.1, 0.15) is 12.4 Å². The highest BCUT2D eigenvalue weighted by Crippen LogP contribution is 2.22. The van der Waals surface area contributed by atoms with Gasteiger partial charge in [-0.1, -0.05) is 44.2 Å². The van der Waals surface area contributed by atoms with E-state index in [-0.39, 0.29) is 6.04 Å². The van der Waals surface area contributed by atoms with Crippen LogP contribution in [-0.4, -0.2) is 15.7 Å². The van der Waals surface area contributed by atoms with E-state index in [1.54, 1.807) is 0 Å². The SMILES string of the molecule is CC(C)[C@H](NCc1nccn1CC(F)(F)F)c1ccccc1. The minimum Gasteiger partial charge on any atom is -0.325 e. The molecule has 1 N–H and O–H groups in total. The standard InChI is InChI=1S/C16H20F3N3/c1-12(2)15(13-6-4-3-5-7-13)21-10-14-20-8-9-22(14)11-16(17,18)19/h3-9,12,15,21H,10-11H2,1-2H3/t15-/m0/s1. The lowest BCUT2D eigenvalue weighted by atomic mass is 9.96. The van der Waals surface area contributed by atoms with E-state index in [2.05, 4.69) is 24.1 Å². The van der Waals surface area contributed by atoms with Crippen molar-refractivity contribution in [2.45, 2.75) is 39.2 Å². The van der Waals surface area contributed by atoms with E-state index in [9.17, 15) is 13.2 Å². The maximum absolute atomic E-state index is 12.5. The lowest BCUT2D eigenvalue weighted by Crippen LogP contribution is -2.28. The average Bonchev–Trinajstić information content (AvgIpc) is 2.85. The van der Waals surface area contributed by atoms with Gasteiger partial charge in [0.2, 0.25) is 0 Å². The van der Waals surface area contributed by atoms with Crippen LogP contribution in [-0.2, 0) is 13.1 Å². The number of hydrogen-bond acceptors (Lipinski definition) is 2. The molecule has 1 atom stereocenters. The molecular weight excluding hydrogens is 291 g/mol. The summed E-state index contributed by atoms with van der Waals surface area (Å²) in [6.45, 7) is 3.43. The Balaban J connectivity index is 2.06. The molecule has 0 aliphatic rings. The molecule has 22 heavy (non-hydrogen) atoms. The Labute approximate surface area is 128 Å². The van der Waals surface area contributed by atoms with Crippen LogP contribution in [0.25, 0.3) is 0 Å². The van der Waals surface area contributed by atoms with Gasteiger partial charge in [0.15, 0.2) is 0 Å². The van der Waals surface area contributed by atoms with Crippen LogP contribution in [0.3, 0.4) is 0 Å². The van der Waals surface area contributed by atoms with Crippen molar-refractivity contribution in [1.29, 1.82) is 0 Å². The van der Waals surface area contributed by atoms with Crippen molar-refractivity contribution in [3.05, 3.63) is 54.1 Å². The van der Waals surface area contributed by atoms with Crippen molar-refractivity contribution in [2.24, 2.45) is 5.92 Å². The highest BCUT2D eigenvalue weighted by Gasteiger charge is 2.29. The molecular formula is C16H20F3N3. The van der Waals surface area contributed by atoms with E-state index in [1.807, 2.05) is 30.3 Å². The molecule has 2 aromatic rings. The number of nitrogens with zero attached hydrogens (tertiary/aromatic N) is 2. The summed E-state index contributed by atoms with van der Waals surface area (Å²) in [5.41, 5.74) is 1.12. The largest absolute Gasteiger partial charge is 0.406 e. The van der Waals surface area contributed by atoms with Gasteiger partial charge in [-0.15, -0.1) is 0 Å². The molecule has 0 aliphatic carbocycles. The van der Waals surface area contributed by atoms with Crippen molar-refractivity contribution < 1.29 is 13.2 Å². The first-order valence-corrected chi connectivity index (χ1v) is 7.22. The van der Waals surface area contributed by atoms with Gasteiger partial charge in [0.05, 0.1) is 6.54 Å². The zero-order chi connectivity index (χ0) is 16.2. The van der Waals surface area contributed by atoms with Crippen molar-refractivity contribution >= 4 is 0 Å². The van der Waals surface area contributed by atoms with Crippen LogP contribution in [0, 0.1) is 5.92 Å². The van der Waals surface area contributed by atoms with Crippen LogP contribution < -0.4 is 5.32 Å². The van der Waals surface area contributed by atoms with Gasteiger partial charge in [-0.3, -0.25) is 0 Å². The third-order valence-corrected chi connectivity index (χ3v) is 3.46. The molecule has 0 amide bonds. The Bertz CT molecular complexity index is 576. The fraction of sp³-hybridized carbons (Fsp3) is 0.438. The predicted molar refractivity (Wildman–Crippen MR) is 79.1 cm³/mol. The lowest BCUT2D eigenvalue weighted by Gasteiger charge is -2.23. The number of halogens is 3. The van der Waals surface area contributed by atoms with E-state index >= 15 is 0 Å². The second-order valence-corrected chi connectivity index (χ2v) is 5.60. The number of nitrogens with one attached hydrogen (secondary N) is 1. The van der Waals surface area contributed by atoms with Crippen LogP contribution in [0.2, 0.25) is 0 Å². The van der Waals surface area contributed by atoms with Crippen LogP contribution in [0.5, 0.6) is 0 Å². The molecule has 2 rings (SSSR count). The van der Waals surface area contributed by atoms with E-state index in [0.717, 1.165) is 10.1 Å². The summed E-state index contributed by atoms with van der Waals surface area (Å²) >= 11 is 0. The maximum Gasteiger partial charge on any atom is 0.406 e. The first-order chi connectivity index (χ1) is 10.4. The lowest BCUT2D eigenvalue weighted by molar-refractivity contribution is -0.141. The number of benzene rings is 1. The van der Waals surface area contributed by atoms with Crippen molar-refractivity contribution in [3.8, 4) is 0 Å². The number of rotatable bonds is 6. The second-order valence-electron chi connectivity index (χ2n) is 5.60. The molecule has 0 radical (unpaired) electrons. The zero-order valence-electron chi connectivity index (χ0n) is 12.6. The number of imidazole rings is 1. The number of aromatic nitrogens is 2. The maximum atomic E-state index is 12.5. The van der Waals surface area contributed by atoms with Crippen LogP contribution in [0.15, 0.2) is 42.7 Å². The van der Waals surface area contributed by atoms with Crippen molar-refractivity contribution in [2.75, 3.05) is 0 Å². The summed E-state index contributed by atoms with van der Waals surface area (Å²) in [6, 6.07) is 9.95. The van der Waals surface area contributed by atoms with Crippen molar-refractivity contribution in [3.63, 3.8) is 0 Å². The zero-order valence-corrected chi connectivity index (χ0v) is 12.6. The van der Waals surface area contributed by atoms with Crippen LogP contribution in [0.1, 0.15) is 31.3 Å². The Hall–Kier alpha value is -1.82. The average molecular weight is 311 g/mol. The van der Waals surface area contributed by atoms with Gasteiger partial charge in [0, 0.05) is 18.4 Å². The predicted octanol–water partition coefficient (Wildman–Crippen LogP) is 3.93. The third-order valence-electron chi connectivity index (χ3n) is 3.46. The summed E-state index contributed by atoms with van der Waals surface area (Å²) in [5, 5.41) is 3.31. The summed E-state index contributed by atoms with van der Waals surface area (Å²) < 4.78 is 38.7. The van der Waals surface area contributed by atoms with E-state index in [4.69, 9.17) is 0 Å². The summed E-state index contributed by atoms with van der Waals surface area (Å²) in [4.78, 5) is 4.03. The van der Waals surface area contributed by atoms with E-state index < -0.39 is 12.7 Å². The van der Waals surface area contributed by atoms with Gasteiger partial charge in [0.25, 0.3) is 0 Å². The van der Waals surface area contributed by atoms with Gasteiger partial charge in [-0.05, 0) is 11.5 Å². The molecule has 0 spiro atoms. The molecule has 1 aromatic carbocycles. The minimum atomic E-state index is -4.24. The topological polar surface area (TPSA) is 29.9 Å². The van der Waals surface area contributed by atoms with Gasteiger partial charge in [-0.25, -0.2) is 4.98 Å². The van der Waals surface area contributed by atoms with E-state index in [1.165, 1.54) is 12.4 Å². The fourth-order valence-electron chi connectivity index (χ4n) is 2.44. The van der Waals surface area contributed by atoms with Gasteiger partial charge < -0.3 is 9.88 Å². The Morgan fingerprint density at radius 1 is 1.18 bits per heavy atom. The monoisotopic (exact) mass is 311 g/mol. The Kier molecular flexibility index (Phi) is 5.24. The molecule has 0 saturated carbocycles. The third kappa shape index (κ3) is 4.59. The number of hydrogen-bond donors (Lipinski definition) is 1. The molecule has 6 heteroatoms. The molecule has 0 unspecified atom stereocenters. The van der Waals surface area contributed by atoms with Gasteiger partial charge >= 0.3 is 6.18 Å². The molecule has 0 saturated heterocycles. The summed E-state index contributed by atoms with van der Waals surface area (Å²) in [6.07, 6.45) is -1.49. The Morgan fingerprint density at radius 2 is 1.86 bits per heavy atom. The minimum absolute atomic E-state index is 0.0669. The molecule has 1 heterocycles.